The van der Waals surface area contributed by atoms with Gasteiger partial charge < -0.3 is 20.3 Å². The molecule has 0 aliphatic rings. The smallest absolute Gasteiger partial charge is 0.305 e. The van der Waals surface area contributed by atoms with Crippen molar-refractivity contribution in [2.75, 3.05) is 13.2 Å². The standard InChI is InChI=1S/C65H123NO5/c1-3-5-7-9-11-13-15-17-19-30-33-37-41-45-49-53-57-63(68)62(61-67)66-64(69)58-54-50-46-42-38-34-31-27-25-23-21-20-22-24-26-28-32-36-40-44-48-52-56-60-71-65(70)59-55-51-47-43-39-35-29-18-16-14-12-10-8-6-4-2/h12,14,18,23,25,29,62-63,67-68H,3-11,13,15-17,19-22,24,26-28,30-61H2,1-2H3,(H,66,69)/b14-12-,25-23-,29-18-. The van der Waals surface area contributed by atoms with E-state index < -0.39 is 12.1 Å². The second-order valence-electron chi connectivity index (χ2n) is 21.7. The zero-order valence-corrected chi connectivity index (χ0v) is 47.7. The van der Waals surface area contributed by atoms with Crippen LogP contribution in [0.25, 0.3) is 0 Å². The van der Waals surface area contributed by atoms with Crippen LogP contribution in [0.5, 0.6) is 0 Å². The Labute approximate surface area is 443 Å². The number of esters is 1. The predicted octanol–water partition coefficient (Wildman–Crippen LogP) is 20.0. The van der Waals surface area contributed by atoms with E-state index in [1.807, 2.05) is 0 Å². The summed E-state index contributed by atoms with van der Waals surface area (Å²) in [6.07, 6.45) is 75.8. The lowest BCUT2D eigenvalue weighted by Crippen LogP contribution is -2.45. The van der Waals surface area contributed by atoms with E-state index in [9.17, 15) is 19.8 Å². The Hall–Kier alpha value is -1.92. The fourth-order valence-corrected chi connectivity index (χ4v) is 9.78. The lowest BCUT2D eigenvalue weighted by Gasteiger charge is -2.22. The molecule has 0 bridgehead atoms. The van der Waals surface area contributed by atoms with Gasteiger partial charge in [0.15, 0.2) is 0 Å². The molecule has 71 heavy (non-hydrogen) atoms. The molecular weight excluding hydrogens is 875 g/mol. The van der Waals surface area contributed by atoms with Crippen molar-refractivity contribution in [2.24, 2.45) is 0 Å². The van der Waals surface area contributed by atoms with Gasteiger partial charge >= 0.3 is 5.97 Å². The zero-order chi connectivity index (χ0) is 51.4. The van der Waals surface area contributed by atoms with Crippen LogP contribution in [0.1, 0.15) is 341 Å². The van der Waals surface area contributed by atoms with E-state index in [2.05, 4.69) is 55.6 Å². The molecule has 0 saturated carbocycles. The number of rotatable bonds is 59. The number of hydrogen-bond acceptors (Lipinski definition) is 5. The molecule has 0 radical (unpaired) electrons. The summed E-state index contributed by atoms with van der Waals surface area (Å²) in [6, 6.07) is -0.546. The van der Waals surface area contributed by atoms with Crippen molar-refractivity contribution in [3.05, 3.63) is 36.5 Å². The minimum atomic E-state index is -0.669. The third-order valence-electron chi connectivity index (χ3n) is 14.7. The van der Waals surface area contributed by atoms with Gasteiger partial charge in [0.05, 0.1) is 25.4 Å². The number of aliphatic hydroxyl groups excluding tert-OH is 2. The predicted molar refractivity (Wildman–Crippen MR) is 310 cm³/mol. The van der Waals surface area contributed by atoms with Gasteiger partial charge in [-0.3, -0.25) is 9.59 Å². The second kappa shape index (κ2) is 60.6. The van der Waals surface area contributed by atoms with E-state index in [4.69, 9.17) is 4.74 Å². The minimum absolute atomic E-state index is 0.00237. The Balaban J connectivity index is 3.41. The second-order valence-corrected chi connectivity index (χ2v) is 21.7. The van der Waals surface area contributed by atoms with Crippen molar-refractivity contribution in [3.63, 3.8) is 0 Å². The fourth-order valence-electron chi connectivity index (χ4n) is 9.78. The summed E-state index contributed by atoms with van der Waals surface area (Å²) < 4.78 is 5.48. The van der Waals surface area contributed by atoms with Crippen LogP contribution in [0.15, 0.2) is 36.5 Å². The van der Waals surface area contributed by atoms with Crippen LogP contribution in [0.4, 0.5) is 0 Å². The number of amides is 1. The molecule has 2 atom stereocenters. The topological polar surface area (TPSA) is 95.9 Å². The SMILES string of the molecule is CCCCC/C=C\C/C=C\CCCCCCCC(=O)OCCCCCCCCCCCCCC/C=C\CCCCCCCCCC(=O)NC(CO)C(O)CCCCCCCCCCCCCCCCCC. The summed E-state index contributed by atoms with van der Waals surface area (Å²) >= 11 is 0. The molecule has 0 aliphatic carbocycles. The van der Waals surface area contributed by atoms with Gasteiger partial charge in [-0.15, -0.1) is 0 Å². The zero-order valence-electron chi connectivity index (χ0n) is 47.7. The molecule has 0 aromatic rings. The van der Waals surface area contributed by atoms with Crippen LogP contribution in [0.2, 0.25) is 0 Å². The Morgan fingerprint density at radius 1 is 0.394 bits per heavy atom. The van der Waals surface area contributed by atoms with Gasteiger partial charge in [0.1, 0.15) is 0 Å². The van der Waals surface area contributed by atoms with E-state index in [1.54, 1.807) is 0 Å². The minimum Gasteiger partial charge on any atom is -0.466 e. The van der Waals surface area contributed by atoms with Gasteiger partial charge in [-0.05, 0) is 83.5 Å². The quantitative estimate of drug-likeness (QED) is 0.0321. The lowest BCUT2D eigenvalue weighted by atomic mass is 10.0. The van der Waals surface area contributed by atoms with Crippen molar-refractivity contribution in [1.29, 1.82) is 0 Å². The summed E-state index contributed by atoms with van der Waals surface area (Å²) in [5.74, 6) is -0.0420. The number of carbonyl (C=O) groups is 2. The third-order valence-corrected chi connectivity index (χ3v) is 14.7. The number of allylic oxidation sites excluding steroid dienone is 6. The Kier molecular flexibility index (Phi) is 59.0. The van der Waals surface area contributed by atoms with Gasteiger partial charge in [0.2, 0.25) is 5.91 Å². The maximum Gasteiger partial charge on any atom is 0.305 e. The highest BCUT2D eigenvalue weighted by atomic mass is 16.5. The first-order valence-corrected chi connectivity index (χ1v) is 31.7. The van der Waals surface area contributed by atoms with Crippen molar-refractivity contribution in [1.82, 2.24) is 5.32 Å². The first-order valence-electron chi connectivity index (χ1n) is 31.7. The lowest BCUT2D eigenvalue weighted by molar-refractivity contribution is -0.143. The summed E-state index contributed by atoms with van der Waals surface area (Å²) in [4.78, 5) is 24.5. The van der Waals surface area contributed by atoms with Crippen LogP contribution in [-0.4, -0.2) is 47.4 Å². The van der Waals surface area contributed by atoms with E-state index in [1.165, 1.54) is 257 Å². The molecule has 0 rings (SSSR count). The first-order chi connectivity index (χ1) is 35.0. The van der Waals surface area contributed by atoms with Gasteiger partial charge in [0.25, 0.3) is 0 Å². The van der Waals surface area contributed by atoms with Gasteiger partial charge in [-0.25, -0.2) is 0 Å². The monoisotopic (exact) mass is 998 g/mol. The van der Waals surface area contributed by atoms with Gasteiger partial charge in [-0.1, -0.05) is 281 Å². The van der Waals surface area contributed by atoms with E-state index in [0.717, 1.165) is 51.4 Å². The maximum absolute atomic E-state index is 12.5. The maximum atomic E-state index is 12.5. The highest BCUT2D eigenvalue weighted by Crippen LogP contribution is 2.17. The molecular formula is C65H123NO5. The van der Waals surface area contributed by atoms with Crippen molar-refractivity contribution in [3.8, 4) is 0 Å². The van der Waals surface area contributed by atoms with Crippen LogP contribution in [0.3, 0.4) is 0 Å². The van der Waals surface area contributed by atoms with Crippen LogP contribution < -0.4 is 5.32 Å². The number of aliphatic hydroxyl groups is 2. The molecule has 0 aliphatic heterocycles. The van der Waals surface area contributed by atoms with Crippen LogP contribution in [0, 0.1) is 0 Å². The summed E-state index contributed by atoms with van der Waals surface area (Å²) in [7, 11) is 0. The normalized spacial score (nSPS) is 12.8. The Morgan fingerprint density at radius 2 is 0.704 bits per heavy atom. The Morgan fingerprint density at radius 3 is 1.11 bits per heavy atom. The molecule has 6 nitrogen and oxygen atoms in total. The Bertz CT molecular complexity index is 1150. The summed E-state index contributed by atoms with van der Waals surface area (Å²) in [6.45, 7) is 4.93. The molecule has 0 heterocycles. The largest absolute Gasteiger partial charge is 0.466 e. The highest BCUT2D eigenvalue weighted by molar-refractivity contribution is 5.76. The van der Waals surface area contributed by atoms with E-state index in [-0.39, 0.29) is 18.5 Å². The van der Waals surface area contributed by atoms with Gasteiger partial charge in [-0.2, -0.15) is 0 Å². The number of carbonyl (C=O) groups excluding carboxylic acids is 2. The number of nitrogens with one attached hydrogen (secondary N) is 1. The van der Waals surface area contributed by atoms with E-state index in [0.29, 0.717) is 25.9 Å². The molecule has 2 unspecified atom stereocenters. The molecule has 0 aromatic carbocycles. The molecule has 0 spiro atoms. The number of unbranched alkanes of at least 4 members (excludes halogenated alkanes) is 42. The summed E-state index contributed by atoms with van der Waals surface area (Å²) in [5, 5.41) is 23.3. The average molecular weight is 999 g/mol. The summed E-state index contributed by atoms with van der Waals surface area (Å²) in [5.41, 5.74) is 0. The van der Waals surface area contributed by atoms with Crippen LogP contribution >= 0.6 is 0 Å². The third kappa shape index (κ3) is 57.2. The first kappa shape index (κ1) is 69.1. The highest BCUT2D eigenvalue weighted by Gasteiger charge is 2.20. The molecule has 6 heteroatoms. The average Bonchev–Trinajstić information content (AvgIpc) is 3.37. The molecule has 418 valence electrons. The number of ether oxygens (including phenoxy) is 1. The molecule has 3 N–H and O–H groups in total. The van der Waals surface area contributed by atoms with Crippen molar-refractivity contribution < 1.29 is 24.5 Å². The van der Waals surface area contributed by atoms with Crippen LogP contribution in [-0.2, 0) is 14.3 Å². The molecule has 0 fully saturated rings. The molecule has 0 aromatic heterocycles. The van der Waals surface area contributed by atoms with Gasteiger partial charge in [0, 0.05) is 12.8 Å². The van der Waals surface area contributed by atoms with Crippen molar-refractivity contribution >= 4 is 11.9 Å². The molecule has 0 saturated heterocycles. The van der Waals surface area contributed by atoms with E-state index >= 15 is 0 Å². The molecule has 1 amide bonds. The van der Waals surface area contributed by atoms with Crippen molar-refractivity contribution in [2.45, 2.75) is 353 Å². The fraction of sp³-hybridized carbons (Fsp3) is 0.877. The number of hydrogen-bond donors (Lipinski definition) is 3.